The number of non-ortho nitro benzene ring substituents is 1. The van der Waals surface area contributed by atoms with Crippen LogP contribution in [0.4, 0.5) is 11.5 Å². The molecule has 5 rings (SSSR count). The number of aromatic nitrogens is 2. The molecule has 2 atom stereocenters. The lowest BCUT2D eigenvalue weighted by Crippen LogP contribution is -2.43. The zero-order valence-corrected chi connectivity index (χ0v) is 16.6. The van der Waals surface area contributed by atoms with Crippen molar-refractivity contribution >= 4 is 23.0 Å². The molecule has 1 aromatic heterocycles. The molecule has 31 heavy (non-hydrogen) atoms. The number of rotatable bonds is 2. The minimum absolute atomic E-state index is 0.146. The fraction of sp³-hybridized carbons (Fsp3) is 0.182. The van der Waals surface area contributed by atoms with Gasteiger partial charge in [0, 0.05) is 43.3 Å². The molecule has 1 aliphatic carbocycles. The highest BCUT2D eigenvalue weighted by Crippen LogP contribution is 2.46. The molecule has 0 amide bonds. The third-order valence-corrected chi connectivity index (χ3v) is 6.02. The summed E-state index contributed by atoms with van der Waals surface area (Å²) < 4.78 is 2.24. The highest BCUT2D eigenvalue weighted by atomic mass is 16.6. The molecule has 3 aromatic rings. The van der Waals surface area contributed by atoms with Gasteiger partial charge in [0.05, 0.1) is 22.1 Å². The topological polar surface area (TPSA) is 117 Å². The van der Waals surface area contributed by atoms with Crippen LogP contribution in [0.1, 0.15) is 33.0 Å². The van der Waals surface area contributed by atoms with Gasteiger partial charge in [-0.05, 0) is 5.56 Å². The summed E-state index contributed by atoms with van der Waals surface area (Å²) in [6.45, 7) is 0. The second-order valence-corrected chi connectivity index (χ2v) is 7.66. The second-order valence-electron chi connectivity index (χ2n) is 7.66. The summed E-state index contributed by atoms with van der Waals surface area (Å²) in [7, 11) is 2.87. The van der Waals surface area contributed by atoms with E-state index in [-0.39, 0.29) is 22.9 Å². The zero-order chi connectivity index (χ0) is 22.0. The van der Waals surface area contributed by atoms with Gasteiger partial charge in [-0.3, -0.25) is 28.8 Å². The molecule has 0 radical (unpaired) electrons. The zero-order valence-electron chi connectivity index (χ0n) is 16.6. The maximum absolute atomic E-state index is 13.4. The Hall–Kier alpha value is -4.14. The molecule has 0 saturated carbocycles. The molecule has 0 unspecified atom stereocenters. The average Bonchev–Trinajstić information content (AvgIpc) is 3.07. The van der Waals surface area contributed by atoms with Crippen LogP contribution in [0.3, 0.4) is 0 Å². The van der Waals surface area contributed by atoms with Crippen molar-refractivity contribution in [3.8, 4) is 0 Å². The van der Waals surface area contributed by atoms with Crippen LogP contribution in [-0.2, 0) is 14.1 Å². The molecule has 0 fully saturated rings. The Kier molecular flexibility index (Phi) is 3.91. The van der Waals surface area contributed by atoms with Gasteiger partial charge in [0.25, 0.3) is 11.2 Å². The van der Waals surface area contributed by atoms with Gasteiger partial charge in [-0.25, -0.2) is 9.79 Å². The quantitative estimate of drug-likeness (QED) is 0.468. The summed E-state index contributed by atoms with van der Waals surface area (Å²) in [6.07, 6.45) is 0. The lowest BCUT2D eigenvalue weighted by molar-refractivity contribution is -0.384. The number of nitrogens with zero attached hydrogens (tertiary/aromatic N) is 4. The molecular formula is C22H16N4O5. The van der Waals surface area contributed by atoms with Gasteiger partial charge in [-0.2, -0.15) is 0 Å². The Balaban J connectivity index is 1.89. The van der Waals surface area contributed by atoms with E-state index in [4.69, 9.17) is 0 Å². The number of Topliss-reactive ketones (excluding diaryl/α,β-unsaturated/α-hetero) is 1. The molecule has 0 bridgehead atoms. The van der Waals surface area contributed by atoms with E-state index in [1.54, 1.807) is 30.3 Å². The first-order chi connectivity index (χ1) is 14.8. The van der Waals surface area contributed by atoms with Gasteiger partial charge in [0.1, 0.15) is 5.82 Å². The predicted octanol–water partition coefficient (Wildman–Crippen LogP) is 2.07. The van der Waals surface area contributed by atoms with Crippen LogP contribution in [0.2, 0.25) is 0 Å². The van der Waals surface area contributed by atoms with Crippen molar-refractivity contribution in [2.45, 2.75) is 5.92 Å². The molecule has 154 valence electrons. The van der Waals surface area contributed by atoms with Gasteiger partial charge >= 0.3 is 5.69 Å². The maximum Gasteiger partial charge on any atom is 0.332 e. The number of nitro benzene ring substituents is 1. The van der Waals surface area contributed by atoms with E-state index in [0.717, 1.165) is 4.57 Å². The van der Waals surface area contributed by atoms with Crippen molar-refractivity contribution in [3.63, 3.8) is 0 Å². The maximum atomic E-state index is 13.4. The number of nitro groups is 1. The minimum atomic E-state index is -0.812. The van der Waals surface area contributed by atoms with Gasteiger partial charge in [-0.1, -0.05) is 36.4 Å². The van der Waals surface area contributed by atoms with E-state index in [0.29, 0.717) is 22.4 Å². The van der Waals surface area contributed by atoms with Gasteiger partial charge in [0.2, 0.25) is 0 Å². The highest BCUT2D eigenvalue weighted by Gasteiger charge is 2.47. The number of hydrogen-bond donors (Lipinski definition) is 0. The van der Waals surface area contributed by atoms with Crippen LogP contribution >= 0.6 is 0 Å². The first-order valence-corrected chi connectivity index (χ1v) is 9.57. The smallest absolute Gasteiger partial charge is 0.293 e. The van der Waals surface area contributed by atoms with Crippen LogP contribution in [0.5, 0.6) is 0 Å². The number of hydrogen-bond acceptors (Lipinski definition) is 6. The number of benzene rings is 2. The van der Waals surface area contributed by atoms with Crippen molar-refractivity contribution in [2.24, 2.45) is 25.0 Å². The largest absolute Gasteiger partial charge is 0.332 e. The molecule has 2 aliphatic rings. The Morgan fingerprint density at radius 3 is 2.35 bits per heavy atom. The number of aliphatic imine (C=N–C) groups is 1. The monoisotopic (exact) mass is 416 g/mol. The molecule has 9 heteroatoms. The summed E-state index contributed by atoms with van der Waals surface area (Å²) in [5.74, 6) is -1.65. The molecule has 0 saturated heterocycles. The molecular weight excluding hydrogens is 400 g/mol. The third-order valence-electron chi connectivity index (χ3n) is 6.02. The summed E-state index contributed by atoms with van der Waals surface area (Å²) in [6, 6.07) is 12.9. The Labute approximate surface area is 175 Å². The van der Waals surface area contributed by atoms with Crippen LogP contribution in [0.25, 0.3) is 0 Å². The Morgan fingerprint density at radius 2 is 1.65 bits per heavy atom. The highest BCUT2D eigenvalue weighted by molar-refractivity contribution is 6.30. The summed E-state index contributed by atoms with van der Waals surface area (Å²) in [4.78, 5) is 54.6. The van der Waals surface area contributed by atoms with Gasteiger partial charge < -0.3 is 0 Å². The number of carbonyl (C=O) groups excluding carboxylic acids is 1. The van der Waals surface area contributed by atoms with Crippen LogP contribution in [0, 0.1) is 16.0 Å². The van der Waals surface area contributed by atoms with Crippen molar-refractivity contribution in [1.82, 2.24) is 9.13 Å². The fourth-order valence-electron chi connectivity index (χ4n) is 4.56. The first kappa shape index (κ1) is 18.9. The molecule has 2 aromatic carbocycles. The second kappa shape index (κ2) is 6.43. The van der Waals surface area contributed by atoms with E-state index in [9.17, 15) is 24.5 Å². The van der Waals surface area contributed by atoms with Gasteiger partial charge in [-0.15, -0.1) is 0 Å². The van der Waals surface area contributed by atoms with Crippen molar-refractivity contribution in [2.75, 3.05) is 0 Å². The molecule has 9 nitrogen and oxygen atoms in total. The van der Waals surface area contributed by atoms with Gasteiger partial charge in [0.15, 0.2) is 5.78 Å². The third kappa shape index (κ3) is 2.49. The van der Waals surface area contributed by atoms with Crippen molar-refractivity contribution in [1.29, 1.82) is 0 Å². The first-order valence-electron chi connectivity index (χ1n) is 9.57. The lowest BCUT2D eigenvalue weighted by atomic mass is 9.76. The van der Waals surface area contributed by atoms with Crippen LogP contribution in [-0.4, -0.2) is 25.6 Å². The van der Waals surface area contributed by atoms with E-state index in [1.165, 1.54) is 36.9 Å². The predicted molar refractivity (Wildman–Crippen MR) is 112 cm³/mol. The number of ketones is 1. The number of carbonyl (C=O) groups is 1. The fourth-order valence-corrected chi connectivity index (χ4v) is 4.56. The molecule has 0 N–H and O–H groups in total. The van der Waals surface area contributed by atoms with Crippen LogP contribution in [0.15, 0.2) is 63.1 Å². The van der Waals surface area contributed by atoms with E-state index < -0.39 is 28.0 Å². The normalized spacial score (nSPS) is 18.8. The summed E-state index contributed by atoms with van der Waals surface area (Å²) in [5, 5.41) is 11.4. The van der Waals surface area contributed by atoms with Crippen LogP contribution < -0.4 is 11.2 Å². The van der Waals surface area contributed by atoms with E-state index in [2.05, 4.69) is 4.99 Å². The average molecular weight is 416 g/mol. The Morgan fingerprint density at radius 1 is 0.935 bits per heavy atom. The summed E-state index contributed by atoms with van der Waals surface area (Å²) >= 11 is 0. The minimum Gasteiger partial charge on any atom is -0.293 e. The summed E-state index contributed by atoms with van der Waals surface area (Å²) in [5.41, 5.74) is 0.969. The standard InChI is InChI=1S/C22H16N4O5/c1-24-20-17(21(28)25(2)22(24)29)15(11-6-5-7-12(10-11)26(30)31)16-18(23-20)13-8-3-4-9-14(13)19(16)27/h3-10,15-16H,1-2H3/t15-,16+/m1/s1. The van der Waals surface area contributed by atoms with E-state index in [1.807, 2.05) is 0 Å². The number of fused-ring (bicyclic) bond motifs is 4. The lowest BCUT2D eigenvalue weighted by Gasteiger charge is -2.29. The molecule has 0 spiro atoms. The molecule has 1 aliphatic heterocycles. The Bertz CT molecular complexity index is 1460. The van der Waals surface area contributed by atoms with E-state index >= 15 is 0 Å². The SMILES string of the molecule is Cn1c2c(c(=O)n(C)c1=O)[C@H](c1cccc([N+](=O)[O-])c1)[C@@H]1C(=O)c3ccccc3C1=N2. The van der Waals surface area contributed by atoms with Crippen molar-refractivity contribution in [3.05, 3.63) is 102 Å². The van der Waals surface area contributed by atoms with Crippen molar-refractivity contribution < 1.29 is 9.72 Å². The molecule has 2 heterocycles.